The fourth-order valence-corrected chi connectivity index (χ4v) is 2.38. The van der Waals surface area contributed by atoms with Gasteiger partial charge in [-0.25, -0.2) is 4.98 Å². The molecule has 0 bridgehead atoms. The van der Waals surface area contributed by atoms with Gasteiger partial charge in [-0.15, -0.1) is 0 Å². The highest BCUT2D eigenvalue weighted by Gasteiger charge is 2.09. The molecule has 3 rings (SSSR count). The van der Waals surface area contributed by atoms with Crippen molar-refractivity contribution in [2.45, 2.75) is 13.5 Å². The number of pyridine rings is 1. The van der Waals surface area contributed by atoms with Crippen LogP contribution in [-0.2, 0) is 6.54 Å². The van der Waals surface area contributed by atoms with E-state index in [9.17, 15) is 0 Å². The Bertz CT molecular complexity index is 756. The zero-order chi connectivity index (χ0) is 14.1. The molecule has 102 valence electrons. The first-order valence-corrected chi connectivity index (χ1v) is 6.98. The van der Waals surface area contributed by atoms with Gasteiger partial charge < -0.3 is 9.42 Å². The number of aromatic nitrogens is 3. The van der Waals surface area contributed by atoms with E-state index in [4.69, 9.17) is 4.52 Å². The Morgan fingerprint density at radius 3 is 2.80 bits per heavy atom. The molecule has 0 atom stereocenters. The Morgan fingerprint density at radius 2 is 2.05 bits per heavy atom. The molecule has 20 heavy (non-hydrogen) atoms. The summed E-state index contributed by atoms with van der Waals surface area (Å²) >= 11 is 3.46. The molecule has 2 aromatic heterocycles. The normalized spacial score (nSPS) is 10.9. The highest BCUT2D eigenvalue weighted by molar-refractivity contribution is 9.10. The number of fused-ring (bicyclic) bond motifs is 1. The molecular weight excluding hydrogens is 320 g/mol. The third-order valence-electron chi connectivity index (χ3n) is 2.98. The van der Waals surface area contributed by atoms with Crippen molar-refractivity contribution in [3.05, 3.63) is 46.5 Å². The Labute approximate surface area is 124 Å². The van der Waals surface area contributed by atoms with Crippen LogP contribution in [0.4, 0.5) is 5.82 Å². The van der Waals surface area contributed by atoms with Crippen molar-refractivity contribution in [2.24, 2.45) is 0 Å². The minimum Gasteiger partial charge on any atom is -0.352 e. The molecular formula is C14H13BrN4O. The summed E-state index contributed by atoms with van der Waals surface area (Å²) in [5.74, 6) is 2.11. The first-order valence-electron chi connectivity index (χ1n) is 6.18. The maximum atomic E-state index is 4.97. The van der Waals surface area contributed by atoms with Crippen molar-refractivity contribution in [3.63, 3.8) is 0 Å². The van der Waals surface area contributed by atoms with Crippen LogP contribution in [0.15, 0.2) is 39.3 Å². The van der Waals surface area contributed by atoms with Gasteiger partial charge in [-0.2, -0.15) is 4.98 Å². The molecule has 6 heteroatoms. The first kappa shape index (κ1) is 13.1. The summed E-state index contributed by atoms with van der Waals surface area (Å²) in [6, 6.07) is 10.1. The number of hydrogen-bond donors (Lipinski definition) is 0. The Kier molecular flexibility index (Phi) is 3.40. The number of halogens is 1. The second-order valence-corrected chi connectivity index (χ2v) is 5.51. The zero-order valence-corrected chi connectivity index (χ0v) is 12.8. The molecule has 0 aliphatic rings. The van der Waals surface area contributed by atoms with E-state index in [-0.39, 0.29) is 0 Å². The lowest BCUT2D eigenvalue weighted by Gasteiger charge is -2.16. The van der Waals surface area contributed by atoms with Crippen LogP contribution in [-0.4, -0.2) is 22.2 Å². The number of hydrogen-bond acceptors (Lipinski definition) is 5. The summed E-state index contributed by atoms with van der Waals surface area (Å²) < 4.78 is 6.02. The predicted octanol–water partition coefficient (Wildman–Crippen LogP) is 3.33. The topological polar surface area (TPSA) is 55.1 Å². The van der Waals surface area contributed by atoms with Crippen LogP contribution in [0.5, 0.6) is 0 Å². The average Bonchev–Trinajstić information content (AvgIpc) is 2.83. The Morgan fingerprint density at radius 1 is 1.20 bits per heavy atom. The maximum Gasteiger partial charge on any atom is 0.223 e. The molecule has 5 nitrogen and oxygen atoms in total. The van der Waals surface area contributed by atoms with Crippen LogP contribution in [0.1, 0.15) is 11.7 Å². The molecule has 0 aliphatic heterocycles. The molecule has 1 aromatic carbocycles. The predicted molar refractivity (Wildman–Crippen MR) is 80.6 cm³/mol. The minimum atomic E-state index is 0.562. The van der Waals surface area contributed by atoms with E-state index in [1.165, 1.54) is 0 Å². The van der Waals surface area contributed by atoms with Gasteiger partial charge in [0.1, 0.15) is 5.82 Å². The minimum absolute atomic E-state index is 0.562. The van der Waals surface area contributed by atoms with Crippen LogP contribution < -0.4 is 4.90 Å². The van der Waals surface area contributed by atoms with Gasteiger partial charge in [-0.3, -0.25) is 0 Å². The first-order chi connectivity index (χ1) is 9.61. The number of rotatable bonds is 3. The molecule has 3 aromatic rings. The second-order valence-electron chi connectivity index (χ2n) is 4.59. The molecule has 0 amide bonds. The standard InChI is InChI=1S/C14H13BrN4O/c1-9-16-13(18-20-9)8-19(2)14-6-3-10-7-11(15)4-5-12(10)17-14/h3-7H,8H2,1-2H3. The van der Waals surface area contributed by atoms with E-state index in [2.05, 4.69) is 43.2 Å². The van der Waals surface area contributed by atoms with Crippen molar-refractivity contribution >= 4 is 32.7 Å². The van der Waals surface area contributed by atoms with Crippen LogP contribution in [0.2, 0.25) is 0 Å². The Hall–Kier alpha value is -1.95. The van der Waals surface area contributed by atoms with E-state index in [1.807, 2.05) is 30.1 Å². The van der Waals surface area contributed by atoms with Gasteiger partial charge in [0.15, 0.2) is 5.82 Å². The number of benzene rings is 1. The lowest BCUT2D eigenvalue weighted by atomic mass is 10.2. The lowest BCUT2D eigenvalue weighted by Crippen LogP contribution is -2.18. The van der Waals surface area contributed by atoms with Crippen molar-refractivity contribution in [1.29, 1.82) is 0 Å². The van der Waals surface area contributed by atoms with Crippen molar-refractivity contribution in [3.8, 4) is 0 Å². The van der Waals surface area contributed by atoms with E-state index >= 15 is 0 Å². The number of anilines is 1. The monoisotopic (exact) mass is 332 g/mol. The molecule has 0 fully saturated rings. The molecule has 0 saturated carbocycles. The van der Waals surface area contributed by atoms with Gasteiger partial charge in [0.05, 0.1) is 12.1 Å². The van der Waals surface area contributed by atoms with Crippen LogP contribution >= 0.6 is 15.9 Å². The zero-order valence-electron chi connectivity index (χ0n) is 11.2. The molecule has 0 aliphatic carbocycles. The van der Waals surface area contributed by atoms with Crippen molar-refractivity contribution in [1.82, 2.24) is 15.1 Å². The smallest absolute Gasteiger partial charge is 0.223 e. The molecule has 0 radical (unpaired) electrons. The Balaban J connectivity index is 1.87. The van der Waals surface area contributed by atoms with Crippen LogP contribution in [0.25, 0.3) is 10.9 Å². The van der Waals surface area contributed by atoms with Gasteiger partial charge in [0, 0.05) is 23.8 Å². The van der Waals surface area contributed by atoms with E-state index in [0.29, 0.717) is 18.3 Å². The van der Waals surface area contributed by atoms with E-state index in [0.717, 1.165) is 21.2 Å². The highest BCUT2D eigenvalue weighted by atomic mass is 79.9. The van der Waals surface area contributed by atoms with Gasteiger partial charge in [0.2, 0.25) is 5.89 Å². The summed E-state index contributed by atoms with van der Waals surface area (Å²) in [5.41, 5.74) is 0.960. The van der Waals surface area contributed by atoms with Crippen LogP contribution in [0, 0.1) is 6.92 Å². The summed E-state index contributed by atoms with van der Waals surface area (Å²) in [6.45, 7) is 2.34. The molecule has 0 spiro atoms. The van der Waals surface area contributed by atoms with Crippen LogP contribution in [0.3, 0.4) is 0 Å². The number of nitrogens with zero attached hydrogens (tertiary/aromatic N) is 4. The van der Waals surface area contributed by atoms with Gasteiger partial charge in [-0.1, -0.05) is 21.1 Å². The molecule has 0 saturated heterocycles. The number of aryl methyl sites for hydroxylation is 1. The average molecular weight is 333 g/mol. The van der Waals surface area contributed by atoms with E-state index < -0.39 is 0 Å². The quantitative estimate of drug-likeness (QED) is 0.736. The summed E-state index contributed by atoms with van der Waals surface area (Å²) in [7, 11) is 1.96. The maximum absolute atomic E-state index is 4.97. The fraction of sp³-hybridized carbons (Fsp3) is 0.214. The largest absolute Gasteiger partial charge is 0.352 e. The lowest BCUT2D eigenvalue weighted by molar-refractivity contribution is 0.387. The van der Waals surface area contributed by atoms with Gasteiger partial charge >= 0.3 is 0 Å². The highest BCUT2D eigenvalue weighted by Crippen LogP contribution is 2.21. The molecule has 2 heterocycles. The third kappa shape index (κ3) is 2.65. The summed E-state index contributed by atoms with van der Waals surface area (Å²) in [5, 5.41) is 5.00. The van der Waals surface area contributed by atoms with Gasteiger partial charge in [0.25, 0.3) is 0 Å². The SMILES string of the molecule is Cc1nc(CN(C)c2ccc3cc(Br)ccc3n2)no1. The second kappa shape index (κ2) is 5.20. The van der Waals surface area contributed by atoms with E-state index in [1.54, 1.807) is 6.92 Å². The van der Waals surface area contributed by atoms with Crippen molar-refractivity contribution in [2.75, 3.05) is 11.9 Å². The fourth-order valence-electron chi connectivity index (χ4n) is 2.00. The van der Waals surface area contributed by atoms with Crippen molar-refractivity contribution < 1.29 is 4.52 Å². The summed E-state index contributed by atoms with van der Waals surface area (Å²) in [4.78, 5) is 10.8. The van der Waals surface area contributed by atoms with Gasteiger partial charge in [-0.05, 0) is 30.3 Å². The molecule has 0 N–H and O–H groups in total. The summed E-state index contributed by atoms with van der Waals surface area (Å²) in [6.07, 6.45) is 0. The molecule has 0 unspecified atom stereocenters. The third-order valence-corrected chi connectivity index (χ3v) is 3.47.